The number of amides is 2. The summed E-state index contributed by atoms with van der Waals surface area (Å²) in [6, 6.07) is 7.30. The van der Waals surface area contributed by atoms with Gasteiger partial charge in [-0.25, -0.2) is 4.79 Å². The molecule has 1 aromatic carbocycles. The van der Waals surface area contributed by atoms with Crippen molar-refractivity contribution in [3.05, 3.63) is 24.3 Å². The van der Waals surface area contributed by atoms with Crippen molar-refractivity contribution in [3.8, 4) is 5.75 Å². The van der Waals surface area contributed by atoms with Gasteiger partial charge in [-0.05, 0) is 37.1 Å². The lowest BCUT2D eigenvalue weighted by atomic mass is 9.99. The molecule has 1 aliphatic heterocycles. The summed E-state index contributed by atoms with van der Waals surface area (Å²) < 4.78 is 10.3. The average Bonchev–Trinajstić information content (AvgIpc) is 2.48. The van der Waals surface area contributed by atoms with E-state index in [9.17, 15) is 4.79 Å². The third-order valence-electron chi connectivity index (χ3n) is 3.55. The first kappa shape index (κ1) is 14.7. The highest BCUT2D eigenvalue weighted by Crippen LogP contribution is 2.19. The van der Waals surface area contributed by atoms with Crippen molar-refractivity contribution in [1.82, 2.24) is 4.90 Å². The van der Waals surface area contributed by atoms with Crippen LogP contribution in [0.5, 0.6) is 5.75 Å². The van der Waals surface area contributed by atoms with E-state index in [1.165, 1.54) is 0 Å². The summed E-state index contributed by atoms with van der Waals surface area (Å²) in [5.74, 6) is 1.22. The zero-order valence-corrected chi connectivity index (χ0v) is 12.1. The second-order valence-electron chi connectivity index (χ2n) is 5.07. The minimum absolute atomic E-state index is 0.0454. The Morgan fingerprint density at radius 3 is 2.75 bits per heavy atom. The number of piperidine rings is 1. The number of hydrogen-bond acceptors (Lipinski definition) is 3. The second-order valence-corrected chi connectivity index (χ2v) is 5.07. The summed E-state index contributed by atoms with van der Waals surface area (Å²) in [5, 5.41) is 2.92. The van der Waals surface area contributed by atoms with Gasteiger partial charge in [0, 0.05) is 31.8 Å². The molecule has 1 fully saturated rings. The molecule has 1 N–H and O–H groups in total. The third-order valence-corrected chi connectivity index (χ3v) is 3.55. The Labute approximate surface area is 119 Å². The molecule has 1 atom stereocenters. The van der Waals surface area contributed by atoms with Crippen LogP contribution in [-0.4, -0.2) is 44.8 Å². The van der Waals surface area contributed by atoms with Gasteiger partial charge in [0.15, 0.2) is 0 Å². The van der Waals surface area contributed by atoms with Gasteiger partial charge in [0.2, 0.25) is 0 Å². The van der Waals surface area contributed by atoms with E-state index in [4.69, 9.17) is 9.47 Å². The first-order valence-corrected chi connectivity index (χ1v) is 6.92. The minimum atomic E-state index is -0.0454. The van der Waals surface area contributed by atoms with E-state index in [2.05, 4.69) is 5.32 Å². The SMILES string of the molecule is COCC1CCCN(C(=O)Nc2ccc(OC)cc2)C1. The van der Waals surface area contributed by atoms with Crippen LogP contribution in [0.15, 0.2) is 24.3 Å². The Hall–Kier alpha value is -1.75. The molecule has 0 aromatic heterocycles. The van der Waals surface area contributed by atoms with Gasteiger partial charge < -0.3 is 19.7 Å². The Morgan fingerprint density at radius 2 is 2.10 bits per heavy atom. The quantitative estimate of drug-likeness (QED) is 0.921. The Morgan fingerprint density at radius 1 is 1.35 bits per heavy atom. The Kier molecular flexibility index (Phi) is 5.24. The fraction of sp³-hybridized carbons (Fsp3) is 0.533. The second kappa shape index (κ2) is 7.14. The van der Waals surface area contributed by atoms with Crippen LogP contribution in [0.2, 0.25) is 0 Å². The van der Waals surface area contributed by atoms with Crippen LogP contribution in [-0.2, 0) is 4.74 Å². The van der Waals surface area contributed by atoms with Crippen LogP contribution >= 0.6 is 0 Å². The summed E-state index contributed by atoms with van der Waals surface area (Å²) in [6.07, 6.45) is 2.16. The van der Waals surface area contributed by atoms with E-state index in [1.807, 2.05) is 29.2 Å². The third kappa shape index (κ3) is 3.87. The zero-order valence-electron chi connectivity index (χ0n) is 12.1. The highest BCUT2D eigenvalue weighted by molar-refractivity contribution is 5.89. The van der Waals surface area contributed by atoms with Crippen LogP contribution in [0.4, 0.5) is 10.5 Å². The predicted octanol–water partition coefficient (Wildman–Crippen LogP) is 2.59. The Bertz CT molecular complexity index is 431. The molecule has 0 saturated carbocycles. The summed E-state index contributed by atoms with van der Waals surface area (Å²) in [5.41, 5.74) is 0.782. The molecule has 1 saturated heterocycles. The maximum Gasteiger partial charge on any atom is 0.321 e. The molecule has 0 spiro atoms. The lowest BCUT2D eigenvalue weighted by Gasteiger charge is -2.32. The van der Waals surface area contributed by atoms with E-state index in [-0.39, 0.29) is 6.03 Å². The number of methoxy groups -OCH3 is 2. The van der Waals surface area contributed by atoms with Gasteiger partial charge in [-0.1, -0.05) is 0 Å². The highest BCUT2D eigenvalue weighted by Gasteiger charge is 2.23. The van der Waals surface area contributed by atoms with Crippen LogP contribution in [0.3, 0.4) is 0 Å². The van der Waals surface area contributed by atoms with Crippen molar-refractivity contribution in [2.75, 3.05) is 39.2 Å². The van der Waals surface area contributed by atoms with Crippen LogP contribution in [0, 0.1) is 5.92 Å². The molecule has 5 nitrogen and oxygen atoms in total. The molecule has 1 unspecified atom stereocenters. The zero-order chi connectivity index (χ0) is 14.4. The topological polar surface area (TPSA) is 50.8 Å². The van der Waals surface area contributed by atoms with Gasteiger partial charge in [-0.3, -0.25) is 0 Å². The van der Waals surface area contributed by atoms with E-state index in [1.54, 1.807) is 14.2 Å². The molecule has 2 amide bonds. The van der Waals surface area contributed by atoms with E-state index >= 15 is 0 Å². The number of ether oxygens (including phenoxy) is 2. The minimum Gasteiger partial charge on any atom is -0.497 e. The van der Waals surface area contributed by atoms with Gasteiger partial charge in [0.25, 0.3) is 0 Å². The lowest BCUT2D eigenvalue weighted by Crippen LogP contribution is -2.43. The fourth-order valence-electron chi connectivity index (χ4n) is 2.50. The molecule has 5 heteroatoms. The molecule has 20 heavy (non-hydrogen) atoms. The summed E-state index contributed by atoms with van der Waals surface area (Å²) >= 11 is 0. The molecule has 0 radical (unpaired) electrons. The summed E-state index contributed by atoms with van der Waals surface area (Å²) in [6.45, 7) is 2.28. The molecule has 1 heterocycles. The predicted molar refractivity (Wildman–Crippen MR) is 78.2 cm³/mol. The van der Waals surface area contributed by atoms with E-state index in [0.717, 1.165) is 37.4 Å². The van der Waals surface area contributed by atoms with Gasteiger partial charge in [0.1, 0.15) is 5.75 Å². The average molecular weight is 278 g/mol. The van der Waals surface area contributed by atoms with Crippen molar-refractivity contribution >= 4 is 11.7 Å². The van der Waals surface area contributed by atoms with Crippen LogP contribution < -0.4 is 10.1 Å². The number of likely N-dealkylation sites (tertiary alicyclic amines) is 1. The standard InChI is InChI=1S/C15H22N2O3/c1-19-11-12-4-3-9-17(10-12)15(18)16-13-5-7-14(20-2)8-6-13/h5-8,12H,3-4,9-11H2,1-2H3,(H,16,18). The number of benzene rings is 1. The maximum atomic E-state index is 12.2. The van der Waals surface area contributed by atoms with Gasteiger partial charge in [-0.2, -0.15) is 0 Å². The first-order valence-electron chi connectivity index (χ1n) is 6.92. The number of nitrogens with one attached hydrogen (secondary N) is 1. The number of carbonyl (C=O) groups excluding carboxylic acids is 1. The monoisotopic (exact) mass is 278 g/mol. The van der Waals surface area contributed by atoms with Crippen molar-refractivity contribution in [2.24, 2.45) is 5.92 Å². The van der Waals surface area contributed by atoms with Gasteiger partial charge in [0.05, 0.1) is 13.7 Å². The number of rotatable bonds is 4. The lowest BCUT2D eigenvalue weighted by molar-refractivity contribution is 0.104. The molecule has 1 aliphatic rings. The van der Waals surface area contributed by atoms with Crippen LogP contribution in [0.25, 0.3) is 0 Å². The van der Waals surface area contributed by atoms with Crippen molar-refractivity contribution < 1.29 is 14.3 Å². The number of hydrogen-bond donors (Lipinski definition) is 1. The van der Waals surface area contributed by atoms with E-state index < -0.39 is 0 Å². The van der Waals surface area contributed by atoms with E-state index in [0.29, 0.717) is 12.5 Å². The number of urea groups is 1. The number of carbonyl (C=O) groups is 1. The molecule has 0 aliphatic carbocycles. The normalized spacial score (nSPS) is 18.7. The summed E-state index contributed by atoms with van der Waals surface area (Å²) in [4.78, 5) is 14.1. The number of nitrogens with zero attached hydrogens (tertiary/aromatic N) is 1. The fourth-order valence-corrected chi connectivity index (χ4v) is 2.50. The Balaban J connectivity index is 1.89. The van der Waals surface area contributed by atoms with Crippen molar-refractivity contribution in [3.63, 3.8) is 0 Å². The highest BCUT2D eigenvalue weighted by atomic mass is 16.5. The van der Waals surface area contributed by atoms with Gasteiger partial charge in [-0.15, -0.1) is 0 Å². The number of anilines is 1. The van der Waals surface area contributed by atoms with Gasteiger partial charge >= 0.3 is 6.03 Å². The molecule has 1 aromatic rings. The first-order chi connectivity index (χ1) is 9.72. The molecule has 2 rings (SSSR count). The molecule has 110 valence electrons. The van der Waals surface area contributed by atoms with Crippen LogP contribution in [0.1, 0.15) is 12.8 Å². The maximum absolute atomic E-state index is 12.2. The molecular weight excluding hydrogens is 256 g/mol. The van der Waals surface area contributed by atoms with Crippen molar-refractivity contribution in [2.45, 2.75) is 12.8 Å². The molecule has 0 bridgehead atoms. The summed E-state index contributed by atoms with van der Waals surface area (Å²) in [7, 11) is 3.33. The van der Waals surface area contributed by atoms with Crippen molar-refractivity contribution in [1.29, 1.82) is 0 Å². The largest absolute Gasteiger partial charge is 0.497 e. The smallest absolute Gasteiger partial charge is 0.321 e. The molecular formula is C15H22N2O3.